The SMILES string of the molecule is Cc1ccc(C)c(NC(=O)[C@@H](NCCc2ccco2)c2ccccc2)c1. The standard InChI is InChI=1S/C22H24N2O2/c1-16-10-11-17(2)20(15-16)24-22(25)21(18-7-4-3-5-8-18)23-13-12-19-9-6-14-26-19/h3-11,14-15,21,23H,12-13H2,1-2H3,(H,24,25)/t21-/m0/s1. The highest BCUT2D eigenvalue weighted by molar-refractivity contribution is 5.96. The van der Waals surface area contributed by atoms with E-state index in [9.17, 15) is 4.79 Å². The average Bonchev–Trinajstić information content (AvgIpc) is 3.16. The van der Waals surface area contributed by atoms with Crippen LogP contribution in [0.5, 0.6) is 0 Å². The smallest absolute Gasteiger partial charge is 0.246 e. The molecular weight excluding hydrogens is 324 g/mol. The molecule has 3 rings (SSSR count). The average molecular weight is 348 g/mol. The molecule has 0 aliphatic rings. The van der Waals surface area contributed by atoms with E-state index < -0.39 is 6.04 Å². The topological polar surface area (TPSA) is 54.3 Å². The fourth-order valence-corrected chi connectivity index (χ4v) is 2.88. The van der Waals surface area contributed by atoms with Crippen molar-refractivity contribution in [3.63, 3.8) is 0 Å². The van der Waals surface area contributed by atoms with Crippen LogP contribution in [0, 0.1) is 13.8 Å². The van der Waals surface area contributed by atoms with Gasteiger partial charge in [-0.25, -0.2) is 0 Å². The molecule has 4 nitrogen and oxygen atoms in total. The van der Waals surface area contributed by atoms with Crippen LogP contribution in [0.1, 0.15) is 28.5 Å². The van der Waals surface area contributed by atoms with Crippen molar-refractivity contribution in [3.05, 3.63) is 89.4 Å². The molecule has 0 spiro atoms. The number of anilines is 1. The number of nitrogens with one attached hydrogen (secondary N) is 2. The monoisotopic (exact) mass is 348 g/mol. The van der Waals surface area contributed by atoms with Gasteiger partial charge in [0.1, 0.15) is 11.8 Å². The number of hydrogen-bond donors (Lipinski definition) is 2. The number of carbonyl (C=O) groups excluding carboxylic acids is 1. The zero-order valence-electron chi connectivity index (χ0n) is 15.2. The van der Waals surface area contributed by atoms with Crippen LogP contribution in [0.4, 0.5) is 5.69 Å². The summed E-state index contributed by atoms with van der Waals surface area (Å²) in [7, 11) is 0. The lowest BCUT2D eigenvalue weighted by molar-refractivity contribution is -0.118. The lowest BCUT2D eigenvalue weighted by Crippen LogP contribution is -2.34. The Kier molecular flexibility index (Phi) is 5.87. The van der Waals surface area contributed by atoms with Gasteiger partial charge in [-0.2, -0.15) is 0 Å². The Bertz CT molecular complexity index is 842. The Morgan fingerprint density at radius 1 is 1.04 bits per heavy atom. The number of hydrogen-bond acceptors (Lipinski definition) is 3. The van der Waals surface area contributed by atoms with E-state index in [0.29, 0.717) is 6.54 Å². The van der Waals surface area contributed by atoms with Crippen molar-refractivity contribution in [2.75, 3.05) is 11.9 Å². The van der Waals surface area contributed by atoms with Crippen LogP contribution >= 0.6 is 0 Å². The number of aryl methyl sites for hydroxylation is 2. The van der Waals surface area contributed by atoms with E-state index in [1.807, 2.05) is 74.5 Å². The molecule has 4 heteroatoms. The van der Waals surface area contributed by atoms with Crippen molar-refractivity contribution in [1.29, 1.82) is 0 Å². The van der Waals surface area contributed by atoms with Crippen LogP contribution in [0.2, 0.25) is 0 Å². The minimum absolute atomic E-state index is 0.0654. The Morgan fingerprint density at radius 3 is 2.58 bits per heavy atom. The Labute approximate surface area is 154 Å². The van der Waals surface area contributed by atoms with Gasteiger partial charge in [0, 0.05) is 18.7 Å². The first-order chi connectivity index (χ1) is 12.6. The van der Waals surface area contributed by atoms with Gasteiger partial charge < -0.3 is 15.1 Å². The van der Waals surface area contributed by atoms with Gasteiger partial charge in [-0.3, -0.25) is 4.79 Å². The van der Waals surface area contributed by atoms with E-state index in [2.05, 4.69) is 10.6 Å². The Balaban J connectivity index is 1.73. The van der Waals surface area contributed by atoms with Crippen LogP contribution in [0.3, 0.4) is 0 Å². The normalized spacial score (nSPS) is 11.9. The Hall–Kier alpha value is -2.85. The minimum Gasteiger partial charge on any atom is -0.469 e. The largest absolute Gasteiger partial charge is 0.469 e. The summed E-state index contributed by atoms with van der Waals surface area (Å²) >= 11 is 0. The van der Waals surface area contributed by atoms with Gasteiger partial charge >= 0.3 is 0 Å². The zero-order chi connectivity index (χ0) is 18.4. The molecule has 1 atom stereocenters. The van der Waals surface area contributed by atoms with E-state index in [4.69, 9.17) is 4.42 Å². The van der Waals surface area contributed by atoms with Gasteiger partial charge in [0.2, 0.25) is 5.91 Å². The van der Waals surface area contributed by atoms with E-state index in [1.165, 1.54) is 0 Å². The molecule has 3 aromatic rings. The molecule has 2 aromatic carbocycles. The maximum Gasteiger partial charge on any atom is 0.246 e. The molecule has 2 N–H and O–H groups in total. The summed E-state index contributed by atoms with van der Waals surface area (Å²) in [6, 6.07) is 19.2. The molecule has 1 heterocycles. The van der Waals surface area contributed by atoms with E-state index >= 15 is 0 Å². The van der Waals surface area contributed by atoms with Gasteiger partial charge in [-0.1, -0.05) is 42.5 Å². The van der Waals surface area contributed by atoms with Gasteiger partial charge in [0.05, 0.1) is 6.26 Å². The van der Waals surface area contributed by atoms with E-state index in [1.54, 1.807) is 6.26 Å². The number of rotatable bonds is 7. The molecule has 0 aliphatic carbocycles. The van der Waals surface area contributed by atoms with Crippen LogP contribution in [-0.4, -0.2) is 12.5 Å². The van der Waals surface area contributed by atoms with Crippen LogP contribution < -0.4 is 10.6 Å². The molecular formula is C22H24N2O2. The van der Waals surface area contributed by atoms with Crippen molar-refractivity contribution in [2.45, 2.75) is 26.3 Å². The molecule has 1 aromatic heterocycles. The molecule has 26 heavy (non-hydrogen) atoms. The second kappa shape index (κ2) is 8.50. The number of amides is 1. The summed E-state index contributed by atoms with van der Waals surface area (Å²) < 4.78 is 5.37. The molecule has 0 fully saturated rings. The lowest BCUT2D eigenvalue weighted by Gasteiger charge is -2.20. The van der Waals surface area contributed by atoms with Gasteiger partial charge in [0.25, 0.3) is 0 Å². The summed E-state index contributed by atoms with van der Waals surface area (Å²) in [5.74, 6) is 0.837. The van der Waals surface area contributed by atoms with Gasteiger partial charge in [0.15, 0.2) is 0 Å². The molecule has 0 saturated carbocycles. The van der Waals surface area contributed by atoms with Crippen molar-refractivity contribution in [2.24, 2.45) is 0 Å². The summed E-state index contributed by atoms with van der Waals surface area (Å²) in [5, 5.41) is 6.42. The third-order valence-electron chi connectivity index (χ3n) is 4.35. The molecule has 0 bridgehead atoms. The van der Waals surface area contributed by atoms with Crippen molar-refractivity contribution >= 4 is 11.6 Å². The number of benzene rings is 2. The van der Waals surface area contributed by atoms with Crippen molar-refractivity contribution in [3.8, 4) is 0 Å². The van der Waals surface area contributed by atoms with Gasteiger partial charge in [-0.05, 0) is 48.7 Å². The highest BCUT2D eigenvalue weighted by Gasteiger charge is 2.20. The maximum absolute atomic E-state index is 13.0. The zero-order valence-corrected chi connectivity index (χ0v) is 15.2. The predicted octanol–water partition coefficient (Wildman–Crippen LogP) is 4.41. The lowest BCUT2D eigenvalue weighted by atomic mass is 10.0. The Morgan fingerprint density at radius 2 is 1.85 bits per heavy atom. The highest BCUT2D eigenvalue weighted by Crippen LogP contribution is 2.20. The fourth-order valence-electron chi connectivity index (χ4n) is 2.88. The maximum atomic E-state index is 13.0. The summed E-state index contributed by atoms with van der Waals surface area (Å²) in [5.41, 5.74) is 3.96. The van der Waals surface area contributed by atoms with E-state index in [0.717, 1.165) is 34.6 Å². The summed E-state index contributed by atoms with van der Waals surface area (Å²) in [6.07, 6.45) is 2.39. The quantitative estimate of drug-likeness (QED) is 0.665. The first-order valence-corrected chi connectivity index (χ1v) is 8.82. The predicted molar refractivity (Wildman–Crippen MR) is 104 cm³/mol. The van der Waals surface area contributed by atoms with Crippen LogP contribution in [-0.2, 0) is 11.2 Å². The molecule has 0 aliphatic heterocycles. The van der Waals surface area contributed by atoms with Crippen molar-refractivity contribution in [1.82, 2.24) is 5.32 Å². The molecule has 1 amide bonds. The fraction of sp³-hybridized carbons (Fsp3) is 0.227. The molecule has 0 saturated heterocycles. The molecule has 134 valence electrons. The second-order valence-electron chi connectivity index (χ2n) is 6.43. The minimum atomic E-state index is -0.425. The first-order valence-electron chi connectivity index (χ1n) is 8.82. The van der Waals surface area contributed by atoms with E-state index in [-0.39, 0.29) is 5.91 Å². The first kappa shape index (κ1) is 18.0. The molecule has 0 radical (unpaired) electrons. The van der Waals surface area contributed by atoms with Crippen LogP contribution in [0.25, 0.3) is 0 Å². The summed E-state index contributed by atoms with van der Waals surface area (Å²) in [4.78, 5) is 13.0. The van der Waals surface area contributed by atoms with Crippen LogP contribution in [0.15, 0.2) is 71.3 Å². The third kappa shape index (κ3) is 4.61. The number of furan rings is 1. The van der Waals surface area contributed by atoms with Crippen molar-refractivity contribution < 1.29 is 9.21 Å². The molecule has 0 unspecified atom stereocenters. The van der Waals surface area contributed by atoms with Gasteiger partial charge in [-0.15, -0.1) is 0 Å². The number of carbonyl (C=O) groups is 1. The third-order valence-corrected chi connectivity index (χ3v) is 4.35. The highest BCUT2D eigenvalue weighted by atomic mass is 16.3. The summed E-state index contributed by atoms with van der Waals surface area (Å²) in [6.45, 7) is 4.66. The second-order valence-corrected chi connectivity index (χ2v) is 6.43.